The quantitative estimate of drug-likeness (QED) is 0.487. The second kappa shape index (κ2) is 11.8. The van der Waals surface area contributed by atoms with E-state index in [4.69, 9.17) is 0 Å². The van der Waals surface area contributed by atoms with Crippen LogP contribution in [0.1, 0.15) is 44.3 Å². The Kier molecular flexibility index (Phi) is 8.26. The van der Waals surface area contributed by atoms with Gasteiger partial charge in [-0.05, 0) is 61.9 Å². The molecule has 0 bridgehead atoms. The van der Waals surface area contributed by atoms with Gasteiger partial charge in [-0.1, -0.05) is 42.8 Å². The second-order valence-corrected chi connectivity index (χ2v) is 11.7. The van der Waals surface area contributed by atoms with Crippen LogP contribution in [0, 0.1) is 13.8 Å². The lowest BCUT2D eigenvalue weighted by molar-refractivity contribution is 0.0935. The first-order chi connectivity index (χ1) is 18.9. The molecule has 1 N–H and O–H groups in total. The van der Waals surface area contributed by atoms with E-state index in [-0.39, 0.29) is 11.8 Å². The zero-order valence-electron chi connectivity index (χ0n) is 22.9. The van der Waals surface area contributed by atoms with Crippen molar-refractivity contribution in [1.82, 2.24) is 15.1 Å². The molecule has 3 aromatic rings. The van der Waals surface area contributed by atoms with E-state index in [0.717, 1.165) is 56.0 Å². The number of hydrogen-bond acceptors (Lipinski definition) is 5. The summed E-state index contributed by atoms with van der Waals surface area (Å²) in [6.07, 6.45) is 0. The standard InChI is InChI=1S/C31H36N4O3S/c1-4-33-15-17-34(18-16-33)14-13-32-30(36)24-11-12-29-27(20-24)35(21-25-19-22(2)9-10-23(25)3)31(37)26-7-5-6-8-28(26)39(29)38/h5-12,19-20H,4,13-18,21H2,1-3H3,(H,32,36)/t39-/m1/s1. The summed E-state index contributed by atoms with van der Waals surface area (Å²) < 4.78 is 13.7. The smallest absolute Gasteiger partial charge is 0.259 e. The highest BCUT2D eigenvalue weighted by Gasteiger charge is 2.32. The molecule has 3 aromatic carbocycles. The maximum Gasteiger partial charge on any atom is 0.259 e. The van der Waals surface area contributed by atoms with Gasteiger partial charge in [0.1, 0.15) is 0 Å². The first-order valence-electron chi connectivity index (χ1n) is 13.6. The molecule has 1 fully saturated rings. The Morgan fingerprint density at radius 3 is 2.44 bits per heavy atom. The van der Waals surface area contributed by atoms with Crippen LogP contribution in [0.5, 0.6) is 0 Å². The average Bonchev–Trinajstić information content (AvgIpc) is 3.04. The summed E-state index contributed by atoms with van der Waals surface area (Å²) in [6, 6.07) is 18.4. The molecule has 0 aromatic heterocycles. The first-order valence-corrected chi connectivity index (χ1v) is 14.8. The molecule has 2 aliphatic rings. The Hall–Kier alpha value is -3.33. The lowest BCUT2D eigenvalue weighted by Gasteiger charge is -2.33. The van der Waals surface area contributed by atoms with Gasteiger partial charge in [-0.25, -0.2) is 4.21 Å². The minimum absolute atomic E-state index is 0.198. The van der Waals surface area contributed by atoms with Crippen LogP contribution in [0.25, 0.3) is 0 Å². The predicted molar refractivity (Wildman–Crippen MR) is 155 cm³/mol. The molecule has 7 nitrogen and oxygen atoms in total. The molecule has 5 rings (SSSR count). The molecule has 0 aliphatic carbocycles. The summed E-state index contributed by atoms with van der Waals surface area (Å²) in [5.74, 6) is -0.418. The van der Waals surface area contributed by atoms with Crippen LogP contribution < -0.4 is 10.2 Å². The van der Waals surface area contributed by atoms with E-state index in [2.05, 4.69) is 28.1 Å². The third kappa shape index (κ3) is 5.83. The number of carbonyl (C=O) groups excluding carboxylic acids is 2. The van der Waals surface area contributed by atoms with Crippen molar-refractivity contribution in [2.24, 2.45) is 0 Å². The van der Waals surface area contributed by atoms with Gasteiger partial charge in [0.25, 0.3) is 11.8 Å². The Balaban J connectivity index is 1.42. The molecular formula is C31H36N4O3S. The summed E-state index contributed by atoms with van der Waals surface area (Å²) in [5, 5.41) is 3.04. The highest BCUT2D eigenvalue weighted by atomic mass is 32.2. The Labute approximate surface area is 233 Å². The number of benzene rings is 3. The molecule has 0 spiro atoms. The summed E-state index contributed by atoms with van der Waals surface area (Å²) in [6.45, 7) is 13.1. The lowest BCUT2D eigenvalue weighted by atomic mass is 10.0. The van der Waals surface area contributed by atoms with Gasteiger partial charge in [0, 0.05) is 44.8 Å². The Morgan fingerprint density at radius 2 is 1.67 bits per heavy atom. The van der Waals surface area contributed by atoms with E-state index >= 15 is 0 Å². The number of rotatable bonds is 7. The van der Waals surface area contributed by atoms with Crippen molar-refractivity contribution in [3.8, 4) is 0 Å². The van der Waals surface area contributed by atoms with Crippen LogP contribution >= 0.6 is 0 Å². The van der Waals surface area contributed by atoms with E-state index in [9.17, 15) is 13.8 Å². The van der Waals surface area contributed by atoms with Crippen molar-refractivity contribution in [3.63, 3.8) is 0 Å². The van der Waals surface area contributed by atoms with E-state index < -0.39 is 10.8 Å². The van der Waals surface area contributed by atoms with Gasteiger partial charge in [-0.15, -0.1) is 0 Å². The second-order valence-electron chi connectivity index (χ2n) is 10.3. The first kappa shape index (κ1) is 27.2. The third-order valence-corrected chi connectivity index (χ3v) is 9.23. The van der Waals surface area contributed by atoms with Gasteiger partial charge in [-0.3, -0.25) is 14.5 Å². The van der Waals surface area contributed by atoms with Crippen molar-refractivity contribution in [3.05, 3.63) is 88.5 Å². The predicted octanol–water partition coefficient (Wildman–Crippen LogP) is 4.00. The van der Waals surface area contributed by atoms with E-state index in [1.54, 1.807) is 47.4 Å². The van der Waals surface area contributed by atoms with Gasteiger partial charge in [-0.2, -0.15) is 0 Å². The zero-order chi connectivity index (χ0) is 27.5. The van der Waals surface area contributed by atoms with Gasteiger partial charge in [0.15, 0.2) is 0 Å². The number of amides is 2. The number of likely N-dealkylation sites (N-methyl/N-ethyl adjacent to an activating group) is 1. The Bertz CT molecular complexity index is 1410. The fraction of sp³-hybridized carbons (Fsp3) is 0.355. The highest BCUT2D eigenvalue weighted by molar-refractivity contribution is 7.85. The Morgan fingerprint density at radius 1 is 0.923 bits per heavy atom. The number of nitrogens with zero attached hydrogens (tertiary/aromatic N) is 3. The number of fused-ring (bicyclic) bond motifs is 2. The molecule has 0 saturated carbocycles. The molecule has 1 saturated heterocycles. The molecule has 39 heavy (non-hydrogen) atoms. The summed E-state index contributed by atoms with van der Waals surface area (Å²) in [5.41, 5.74) is 4.57. The van der Waals surface area contributed by atoms with Crippen molar-refractivity contribution in [2.45, 2.75) is 37.1 Å². The van der Waals surface area contributed by atoms with Crippen molar-refractivity contribution in [2.75, 3.05) is 50.7 Å². The van der Waals surface area contributed by atoms with Crippen LogP contribution in [0.3, 0.4) is 0 Å². The number of piperazine rings is 1. The molecular weight excluding hydrogens is 508 g/mol. The monoisotopic (exact) mass is 544 g/mol. The molecule has 0 radical (unpaired) electrons. The van der Waals surface area contributed by atoms with Crippen LogP contribution in [-0.4, -0.2) is 71.6 Å². The molecule has 8 heteroatoms. The molecule has 2 aliphatic heterocycles. The van der Waals surface area contributed by atoms with Crippen molar-refractivity contribution in [1.29, 1.82) is 0 Å². The lowest BCUT2D eigenvalue weighted by Crippen LogP contribution is -2.48. The van der Waals surface area contributed by atoms with E-state index in [1.807, 2.05) is 26.0 Å². The molecule has 2 heterocycles. The average molecular weight is 545 g/mol. The minimum Gasteiger partial charge on any atom is -0.351 e. The topological polar surface area (TPSA) is 73.0 Å². The van der Waals surface area contributed by atoms with Gasteiger partial charge >= 0.3 is 0 Å². The zero-order valence-corrected chi connectivity index (χ0v) is 23.7. The summed E-state index contributed by atoms with van der Waals surface area (Å²) >= 11 is 0. The maximum atomic E-state index is 13.9. The molecule has 2 amide bonds. The molecule has 0 unspecified atom stereocenters. The summed E-state index contributed by atoms with van der Waals surface area (Å²) in [4.78, 5) is 34.6. The van der Waals surface area contributed by atoms with Crippen LogP contribution in [0.4, 0.5) is 5.69 Å². The number of hydrogen-bond donors (Lipinski definition) is 1. The fourth-order valence-electron chi connectivity index (χ4n) is 5.26. The summed E-state index contributed by atoms with van der Waals surface area (Å²) in [7, 11) is -1.56. The van der Waals surface area contributed by atoms with Crippen LogP contribution in [0.15, 0.2) is 70.5 Å². The van der Waals surface area contributed by atoms with E-state index in [1.165, 1.54) is 0 Å². The fourth-order valence-corrected chi connectivity index (χ4v) is 6.61. The normalized spacial score (nSPS) is 17.9. The minimum atomic E-state index is -1.56. The number of aryl methyl sites for hydroxylation is 2. The highest BCUT2D eigenvalue weighted by Crippen LogP contribution is 2.36. The van der Waals surface area contributed by atoms with Gasteiger partial charge in [0.2, 0.25) is 0 Å². The largest absolute Gasteiger partial charge is 0.351 e. The van der Waals surface area contributed by atoms with E-state index in [0.29, 0.717) is 39.7 Å². The molecule has 1 atom stereocenters. The van der Waals surface area contributed by atoms with Crippen LogP contribution in [0.2, 0.25) is 0 Å². The number of nitrogens with one attached hydrogen (secondary N) is 1. The maximum absolute atomic E-state index is 13.9. The third-order valence-electron chi connectivity index (χ3n) is 7.73. The SMILES string of the molecule is CCN1CCN(CCNC(=O)c2ccc3c(c2)N(Cc2cc(C)ccc2C)C(=O)c2ccccc2[S@]3=O)CC1. The van der Waals surface area contributed by atoms with Crippen molar-refractivity contribution >= 4 is 28.3 Å². The molecule has 204 valence electrons. The van der Waals surface area contributed by atoms with Crippen molar-refractivity contribution < 1.29 is 13.8 Å². The van der Waals surface area contributed by atoms with Crippen LogP contribution in [-0.2, 0) is 17.3 Å². The van der Waals surface area contributed by atoms with Gasteiger partial charge in [0.05, 0.1) is 38.4 Å². The van der Waals surface area contributed by atoms with Gasteiger partial charge < -0.3 is 15.1 Å². The number of anilines is 1. The number of carbonyl (C=O) groups is 2.